The second-order valence-corrected chi connectivity index (χ2v) is 4.72. The summed E-state index contributed by atoms with van der Waals surface area (Å²) < 4.78 is 37.7. The van der Waals surface area contributed by atoms with E-state index in [-0.39, 0.29) is 0 Å². The Morgan fingerprint density at radius 2 is 1.76 bits per heavy atom. The third-order valence-corrected chi connectivity index (χ3v) is 2.90. The van der Waals surface area contributed by atoms with Gasteiger partial charge in [0.05, 0.1) is 11.3 Å². The lowest BCUT2D eigenvalue weighted by Gasteiger charge is -2.09. The second kappa shape index (κ2) is 6.11. The number of benzene rings is 1. The molecule has 112 valence electrons. The van der Waals surface area contributed by atoms with E-state index in [1.807, 2.05) is 13.8 Å². The van der Waals surface area contributed by atoms with Gasteiger partial charge in [-0.1, -0.05) is 19.1 Å². The highest BCUT2D eigenvalue weighted by molar-refractivity contribution is 5.61. The molecule has 0 aliphatic heterocycles. The van der Waals surface area contributed by atoms with Crippen LogP contribution >= 0.6 is 0 Å². The zero-order valence-electron chi connectivity index (χ0n) is 11.8. The summed E-state index contributed by atoms with van der Waals surface area (Å²) in [6.07, 6.45) is -3.39. The Labute approximate surface area is 121 Å². The molecule has 1 N–H and O–H groups in total. The molecule has 1 aromatic heterocycles. The molecule has 3 nitrogen and oxygen atoms in total. The molecule has 0 saturated heterocycles. The Hall–Kier alpha value is -2.11. The molecule has 2 aromatic rings. The highest BCUT2D eigenvalue weighted by atomic mass is 19.4. The van der Waals surface area contributed by atoms with E-state index in [1.54, 1.807) is 6.07 Å². The predicted octanol–water partition coefficient (Wildman–Crippen LogP) is 4.29. The largest absolute Gasteiger partial charge is 0.416 e. The summed E-state index contributed by atoms with van der Waals surface area (Å²) in [5, 5.41) is 3.08. The number of hydrogen-bond acceptors (Lipinski definition) is 3. The third-order valence-electron chi connectivity index (χ3n) is 2.90. The van der Waals surface area contributed by atoms with E-state index in [4.69, 9.17) is 0 Å². The zero-order chi connectivity index (χ0) is 15.5. The number of nitrogens with zero attached hydrogens (tertiary/aromatic N) is 2. The van der Waals surface area contributed by atoms with Crippen molar-refractivity contribution in [3.63, 3.8) is 0 Å². The fraction of sp³-hybridized carbons (Fsp3) is 0.333. The minimum absolute atomic E-state index is 0.492. The van der Waals surface area contributed by atoms with Crippen LogP contribution in [0.1, 0.15) is 24.6 Å². The monoisotopic (exact) mass is 295 g/mol. The topological polar surface area (TPSA) is 37.8 Å². The van der Waals surface area contributed by atoms with E-state index < -0.39 is 11.7 Å². The van der Waals surface area contributed by atoms with Gasteiger partial charge >= 0.3 is 6.18 Å². The Morgan fingerprint density at radius 3 is 2.33 bits per heavy atom. The fourth-order valence-electron chi connectivity index (χ4n) is 1.86. The average Bonchev–Trinajstić information content (AvgIpc) is 2.44. The summed E-state index contributed by atoms with van der Waals surface area (Å²) in [7, 11) is 0. The van der Waals surface area contributed by atoms with Crippen LogP contribution in [0.5, 0.6) is 0 Å². The van der Waals surface area contributed by atoms with Crippen molar-refractivity contribution in [2.75, 3.05) is 11.9 Å². The first-order valence-electron chi connectivity index (χ1n) is 6.67. The molecule has 1 aromatic carbocycles. The van der Waals surface area contributed by atoms with Gasteiger partial charge in [-0.25, -0.2) is 9.97 Å². The highest BCUT2D eigenvalue weighted by Gasteiger charge is 2.30. The lowest BCUT2D eigenvalue weighted by Crippen LogP contribution is -2.06. The molecule has 0 aliphatic rings. The smallest absolute Gasteiger partial charge is 0.354 e. The molecule has 0 radical (unpaired) electrons. The second-order valence-electron chi connectivity index (χ2n) is 4.72. The molecular weight excluding hydrogens is 279 g/mol. The molecule has 1 heterocycles. The molecule has 0 aliphatic carbocycles. The first-order chi connectivity index (χ1) is 9.90. The number of nitrogens with one attached hydrogen (secondary N) is 1. The van der Waals surface area contributed by atoms with E-state index in [0.29, 0.717) is 17.2 Å². The number of halogens is 3. The number of hydrogen-bond donors (Lipinski definition) is 1. The first-order valence-corrected chi connectivity index (χ1v) is 6.67. The summed E-state index contributed by atoms with van der Waals surface area (Å²) in [5.74, 6) is 0.492. The summed E-state index contributed by atoms with van der Waals surface area (Å²) in [6.45, 7) is 4.60. The fourth-order valence-corrected chi connectivity index (χ4v) is 1.86. The highest BCUT2D eigenvalue weighted by Crippen LogP contribution is 2.30. The first kappa shape index (κ1) is 15.3. The van der Waals surface area contributed by atoms with Crippen LogP contribution in [0.2, 0.25) is 0 Å². The minimum Gasteiger partial charge on any atom is -0.354 e. The summed E-state index contributed by atoms with van der Waals surface area (Å²) >= 11 is 0. The average molecular weight is 295 g/mol. The maximum Gasteiger partial charge on any atom is 0.416 e. The number of anilines is 1. The molecule has 0 fully saturated rings. The Balaban J connectivity index is 2.31. The number of aryl methyl sites for hydroxylation is 1. The SMILES string of the molecule is CCCNc1nc(C)cc(-c2ccc(C(F)(F)F)cc2)n1. The molecular formula is C15H16F3N3. The van der Waals surface area contributed by atoms with Gasteiger partial charge in [-0.3, -0.25) is 0 Å². The summed E-state index contributed by atoms with van der Waals surface area (Å²) in [5.41, 5.74) is 1.34. The molecule has 6 heteroatoms. The van der Waals surface area contributed by atoms with Crippen molar-refractivity contribution in [2.45, 2.75) is 26.4 Å². The lowest BCUT2D eigenvalue weighted by atomic mass is 10.1. The molecule has 0 atom stereocenters. The quantitative estimate of drug-likeness (QED) is 0.914. The van der Waals surface area contributed by atoms with Gasteiger partial charge in [0.2, 0.25) is 5.95 Å². The van der Waals surface area contributed by atoms with Crippen LogP contribution in [0.15, 0.2) is 30.3 Å². The van der Waals surface area contributed by atoms with Crippen molar-refractivity contribution >= 4 is 5.95 Å². The van der Waals surface area contributed by atoms with Gasteiger partial charge in [-0.2, -0.15) is 13.2 Å². The molecule has 0 amide bonds. The number of alkyl halides is 3. The van der Waals surface area contributed by atoms with E-state index in [0.717, 1.165) is 30.8 Å². The van der Waals surface area contributed by atoms with Crippen LogP contribution in [-0.4, -0.2) is 16.5 Å². The molecule has 0 unspecified atom stereocenters. The van der Waals surface area contributed by atoms with E-state index in [1.165, 1.54) is 12.1 Å². The van der Waals surface area contributed by atoms with Crippen molar-refractivity contribution in [3.8, 4) is 11.3 Å². The van der Waals surface area contributed by atoms with Gasteiger partial charge in [-0.05, 0) is 31.5 Å². The van der Waals surface area contributed by atoms with Gasteiger partial charge < -0.3 is 5.32 Å². The summed E-state index contributed by atoms with van der Waals surface area (Å²) in [6, 6.07) is 6.72. The van der Waals surface area contributed by atoms with E-state index in [9.17, 15) is 13.2 Å². The maximum atomic E-state index is 12.6. The van der Waals surface area contributed by atoms with Gasteiger partial charge in [-0.15, -0.1) is 0 Å². The van der Waals surface area contributed by atoms with Gasteiger partial charge in [0.1, 0.15) is 0 Å². The van der Waals surface area contributed by atoms with Crippen LogP contribution in [0.4, 0.5) is 19.1 Å². The Bertz CT molecular complexity index is 607. The molecule has 0 saturated carbocycles. The van der Waals surface area contributed by atoms with E-state index >= 15 is 0 Å². The predicted molar refractivity (Wildman–Crippen MR) is 76.0 cm³/mol. The van der Waals surface area contributed by atoms with Crippen LogP contribution in [0, 0.1) is 6.92 Å². The van der Waals surface area contributed by atoms with Crippen molar-refractivity contribution in [2.24, 2.45) is 0 Å². The normalized spacial score (nSPS) is 11.5. The standard InChI is InChI=1S/C15H16F3N3/c1-3-8-19-14-20-10(2)9-13(21-14)11-4-6-12(7-5-11)15(16,17)18/h4-7,9H,3,8H2,1-2H3,(H,19,20,21). The van der Waals surface area contributed by atoms with E-state index in [2.05, 4.69) is 15.3 Å². The van der Waals surface area contributed by atoms with Crippen molar-refractivity contribution in [1.82, 2.24) is 9.97 Å². The summed E-state index contributed by atoms with van der Waals surface area (Å²) in [4.78, 5) is 8.58. The third kappa shape index (κ3) is 3.93. The number of rotatable bonds is 4. The lowest BCUT2D eigenvalue weighted by molar-refractivity contribution is -0.137. The van der Waals surface area contributed by atoms with Crippen molar-refractivity contribution in [1.29, 1.82) is 0 Å². The molecule has 21 heavy (non-hydrogen) atoms. The van der Waals surface area contributed by atoms with Crippen LogP contribution in [-0.2, 0) is 6.18 Å². The van der Waals surface area contributed by atoms with Crippen molar-refractivity contribution in [3.05, 3.63) is 41.6 Å². The maximum absolute atomic E-state index is 12.6. The van der Waals surface area contributed by atoms with Crippen LogP contribution in [0.25, 0.3) is 11.3 Å². The Morgan fingerprint density at radius 1 is 1.10 bits per heavy atom. The molecule has 0 bridgehead atoms. The van der Waals surface area contributed by atoms with Gasteiger partial charge in [0.15, 0.2) is 0 Å². The molecule has 2 rings (SSSR count). The molecule has 0 spiro atoms. The van der Waals surface area contributed by atoms with Gasteiger partial charge in [0, 0.05) is 17.8 Å². The van der Waals surface area contributed by atoms with Crippen LogP contribution in [0.3, 0.4) is 0 Å². The minimum atomic E-state index is -4.33. The van der Waals surface area contributed by atoms with Crippen LogP contribution < -0.4 is 5.32 Å². The number of aromatic nitrogens is 2. The Kier molecular flexibility index (Phi) is 4.45. The zero-order valence-corrected chi connectivity index (χ0v) is 11.8. The van der Waals surface area contributed by atoms with Gasteiger partial charge in [0.25, 0.3) is 0 Å². The van der Waals surface area contributed by atoms with Crippen molar-refractivity contribution < 1.29 is 13.2 Å².